The second kappa shape index (κ2) is 12.5. The van der Waals surface area contributed by atoms with Gasteiger partial charge in [-0.15, -0.1) is 4.99 Å². The van der Waals surface area contributed by atoms with Crippen LogP contribution in [0.5, 0.6) is 5.75 Å². The van der Waals surface area contributed by atoms with Crippen LogP contribution in [0.3, 0.4) is 0 Å². The number of rotatable bonds is 5. The van der Waals surface area contributed by atoms with E-state index < -0.39 is 47.6 Å². The van der Waals surface area contributed by atoms with Gasteiger partial charge >= 0.3 is 18.4 Å². The topological polar surface area (TPSA) is 160 Å². The molecule has 1 aromatic heterocycles. The quantitative estimate of drug-likeness (QED) is 0.302. The molecular formula is C27H34F3N5O7. The molecule has 1 aromatic carbocycles. The van der Waals surface area contributed by atoms with Gasteiger partial charge in [0.25, 0.3) is 5.89 Å². The summed E-state index contributed by atoms with van der Waals surface area (Å²) in [5.41, 5.74) is -1.90. The van der Waals surface area contributed by atoms with E-state index in [1.54, 1.807) is 20.8 Å². The van der Waals surface area contributed by atoms with E-state index in [1.807, 2.05) is 5.32 Å². The van der Waals surface area contributed by atoms with Gasteiger partial charge in [-0.3, -0.25) is 5.32 Å². The van der Waals surface area contributed by atoms with Crippen molar-refractivity contribution >= 4 is 18.1 Å². The normalized spacial score (nSPS) is 20.5. The van der Waals surface area contributed by atoms with Gasteiger partial charge in [0.05, 0.1) is 18.3 Å². The van der Waals surface area contributed by atoms with Gasteiger partial charge in [0.2, 0.25) is 11.8 Å². The number of nitrogens with zero attached hydrogens (tertiary/aromatic N) is 4. The van der Waals surface area contributed by atoms with E-state index in [0.717, 1.165) is 38.2 Å². The summed E-state index contributed by atoms with van der Waals surface area (Å²) < 4.78 is 58.0. The second-order valence-electron chi connectivity index (χ2n) is 11.3. The molecule has 2 atom stereocenters. The third-order valence-corrected chi connectivity index (χ3v) is 6.88. The molecule has 42 heavy (non-hydrogen) atoms. The molecule has 0 spiro atoms. The predicted octanol–water partition coefficient (Wildman–Crippen LogP) is 5.38. The zero-order valence-electron chi connectivity index (χ0n) is 23.5. The fraction of sp³-hybridized carbons (Fsp3) is 0.593. The van der Waals surface area contributed by atoms with Crippen LogP contribution in [-0.4, -0.2) is 68.3 Å². The van der Waals surface area contributed by atoms with Crippen molar-refractivity contribution < 1.29 is 47.0 Å². The van der Waals surface area contributed by atoms with Gasteiger partial charge in [-0.1, -0.05) is 24.4 Å². The Morgan fingerprint density at radius 2 is 1.88 bits per heavy atom. The van der Waals surface area contributed by atoms with E-state index in [1.165, 1.54) is 17.0 Å². The number of likely N-dealkylation sites (tertiary alicyclic amines) is 1. The van der Waals surface area contributed by atoms with Gasteiger partial charge in [0, 0.05) is 12.1 Å². The summed E-state index contributed by atoms with van der Waals surface area (Å²) in [6, 6.07) is 2.31. The number of aliphatic imine (C=N–C) groups is 1. The van der Waals surface area contributed by atoms with Gasteiger partial charge in [0.1, 0.15) is 17.4 Å². The maximum atomic E-state index is 14.0. The predicted molar refractivity (Wildman–Crippen MR) is 142 cm³/mol. The van der Waals surface area contributed by atoms with Crippen LogP contribution in [-0.2, 0) is 10.9 Å². The van der Waals surface area contributed by atoms with Crippen LogP contribution >= 0.6 is 0 Å². The number of aliphatic hydroxyl groups excluding tert-OH is 1. The number of nitrogens with one attached hydrogen (secondary N) is 1. The van der Waals surface area contributed by atoms with Crippen LogP contribution in [0.2, 0.25) is 0 Å². The molecule has 2 aliphatic rings. The van der Waals surface area contributed by atoms with E-state index in [0.29, 0.717) is 0 Å². The van der Waals surface area contributed by atoms with Crippen molar-refractivity contribution in [2.24, 2.45) is 10.9 Å². The molecule has 0 bridgehead atoms. The molecular weight excluding hydrogens is 563 g/mol. The number of benzene rings is 1. The number of carboxylic acid groups (broad SMARTS) is 1. The number of ether oxygens (including phenoxy) is 2. The van der Waals surface area contributed by atoms with Gasteiger partial charge in [-0.05, 0) is 64.2 Å². The summed E-state index contributed by atoms with van der Waals surface area (Å²) in [4.78, 5) is 32.9. The van der Waals surface area contributed by atoms with Crippen molar-refractivity contribution in [3.63, 3.8) is 0 Å². The molecule has 2 aromatic rings. The lowest BCUT2D eigenvalue weighted by Gasteiger charge is -2.26. The third-order valence-electron chi connectivity index (χ3n) is 6.88. The van der Waals surface area contributed by atoms with Crippen LogP contribution in [0.15, 0.2) is 27.7 Å². The molecule has 1 saturated heterocycles. The van der Waals surface area contributed by atoms with E-state index >= 15 is 0 Å². The first-order valence-electron chi connectivity index (χ1n) is 13.7. The van der Waals surface area contributed by atoms with Crippen molar-refractivity contribution in [3.05, 3.63) is 29.7 Å². The van der Waals surface area contributed by atoms with Crippen LogP contribution in [0.25, 0.3) is 11.4 Å². The minimum atomic E-state index is -4.71. The van der Waals surface area contributed by atoms with Crippen LogP contribution in [0.4, 0.5) is 22.8 Å². The maximum absolute atomic E-state index is 14.0. The van der Waals surface area contributed by atoms with E-state index in [4.69, 9.17) is 14.0 Å². The van der Waals surface area contributed by atoms with Crippen LogP contribution < -0.4 is 10.1 Å². The number of carbonyl (C=O) groups is 2. The first-order chi connectivity index (χ1) is 19.7. The molecule has 4 rings (SSSR count). The number of halogens is 3. The second-order valence-corrected chi connectivity index (χ2v) is 11.3. The summed E-state index contributed by atoms with van der Waals surface area (Å²) in [5.74, 6) is -0.938. The van der Waals surface area contributed by atoms with Crippen molar-refractivity contribution in [3.8, 4) is 17.1 Å². The van der Waals surface area contributed by atoms with Gasteiger partial charge in [-0.2, -0.15) is 18.2 Å². The molecule has 12 nitrogen and oxygen atoms in total. The molecule has 1 aliphatic carbocycles. The van der Waals surface area contributed by atoms with E-state index in [-0.39, 0.29) is 48.5 Å². The molecule has 2 fully saturated rings. The van der Waals surface area contributed by atoms with Crippen LogP contribution in [0.1, 0.15) is 76.8 Å². The fourth-order valence-corrected chi connectivity index (χ4v) is 4.99. The lowest BCUT2D eigenvalue weighted by atomic mass is 9.90. The third kappa shape index (κ3) is 7.89. The number of aromatic nitrogens is 2. The molecule has 0 unspecified atom stereocenters. The number of hydrogen-bond acceptors (Lipinski definition) is 8. The molecule has 2 heterocycles. The van der Waals surface area contributed by atoms with Crippen molar-refractivity contribution in [1.82, 2.24) is 20.4 Å². The van der Waals surface area contributed by atoms with E-state index in [2.05, 4.69) is 15.1 Å². The summed E-state index contributed by atoms with van der Waals surface area (Å²) in [7, 11) is 0. The van der Waals surface area contributed by atoms with Crippen molar-refractivity contribution in [1.29, 1.82) is 0 Å². The first-order valence-corrected chi connectivity index (χ1v) is 13.7. The number of alkyl halides is 3. The van der Waals surface area contributed by atoms with Gasteiger partial charge in [-0.25, -0.2) is 9.59 Å². The molecule has 1 saturated carbocycles. The average molecular weight is 598 g/mol. The maximum Gasteiger partial charge on any atom is 0.437 e. The summed E-state index contributed by atoms with van der Waals surface area (Å²) in [6.45, 7) is 5.05. The first kappa shape index (κ1) is 31.1. The lowest BCUT2D eigenvalue weighted by Crippen LogP contribution is -2.45. The standard InChI is InChI=1S/C27H34F3N5O7/c1-26(2,3)41-25(39)33-23(32-24(37)38)35-12-11-18(36)20(35)22-31-21(34-42-22)16-9-10-19(17(13-16)27(28,29)30)40-14-15-7-5-4-6-8-15/h9-10,13,15,18,20,36H,4-8,11-12,14H2,1-3H3,(H,37,38)(H,32,33,39)/t18-,20-/m0/s1. The number of aliphatic hydroxyl groups is 1. The van der Waals surface area contributed by atoms with Crippen LogP contribution in [0, 0.1) is 5.92 Å². The van der Waals surface area contributed by atoms with Crippen molar-refractivity contribution in [2.75, 3.05) is 13.2 Å². The SMILES string of the molecule is CC(C)(C)OC(=O)/N=C(\NC(=O)O)N1CC[C@H](O)[C@H]1c1nc(-c2ccc(OCC3CCCCC3)c(C(F)(F)F)c2)no1. The Morgan fingerprint density at radius 1 is 1.17 bits per heavy atom. The minimum Gasteiger partial charge on any atom is -0.493 e. The Bertz CT molecular complexity index is 1300. The minimum absolute atomic E-state index is 0.00677. The monoisotopic (exact) mass is 597 g/mol. The molecule has 3 N–H and O–H groups in total. The smallest absolute Gasteiger partial charge is 0.437 e. The summed E-state index contributed by atoms with van der Waals surface area (Å²) >= 11 is 0. The Labute approximate surface area is 239 Å². The molecule has 0 radical (unpaired) electrons. The number of guanidine groups is 1. The highest BCUT2D eigenvalue weighted by molar-refractivity contribution is 5.98. The largest absolute Gasteiger partial charge is 0.493 e. The Morgan fingerprint density at radius 3 is 2.52 bits per heavy atom. The molecule has 15 heteroatoms. The Kier molecular flexibility index (Phi) is 9.28. The molecule has 230 valence electrons. The number of carbonyl (C=O) groups excluding carboxylic acids is 1. The van der Waals surface area contributed by atoms with Crippen molar-refractivity contribution in [2.45, 2.75) is 83.2 Å². The Balaban J connectivity index is 1.59. The van der Waals surface area contributed by atoms with Gasteiger partial charge < -0.3 is 29.1 Å². The zero-order valence-corrected chi connectivity index (χ0v) is 23.5. The van der Waals surface area contributed by atoms with Gasteiger partial charge in [0.15, 0.2) is 0 Å². The lowest BCUT2D eigenvalue weighted by molar-refractivity contribution is -0.139. The highest BCUT2D eigenvalue weighted by Gasteiger charge is 2.41. The average Bonchev–Trinajstić information content (AvgIpc) is 3.52. The fourth-order valence-electron chi connectivity index (χ4n) is 4.99. The molecule has 1 aliphatic heterocycles. The highest BCUT2D eigenvalue weighted by Crippen LogP contribution is 2.40. The highest BCUT2D eigenvalue weighted by atomic mass is 19.4. The molecule has 2 amide bonds. The Hall–Kier alpha value is -3.88. The number of hydrogen-bond donors (Lipinski definition) is 3. The zero-order chi connectivity index (χ0) is 30.7. The summed E-state index contributed by atoms with van der Waals surface area (Å²) in [5, 5.41) is 25.8. The summed E-state index contributed by atoms with van der Waals surface area (Å²) in [6.07, 6.45) is -3.34. The van der Waals surface area contributed by atoms with E-state index in [9.17, 15) is 33.0 Å². The number of amides is 2.